The Morgan fingerprint density at radius 2 is 1.92 bits per heavy atom. The molecule has 4 heteroatoms. The topological polar surface area (TPSA) is 40.5 Å². The van der Waals surface area contributed by atoms with Gasteiger partial charge < -0.3 is 10.0 Å². The van der Waals surface area contributed by atoms with Gasteiger partial charge in [-0.05, 0) is 33.6 Å². The molecule has 0 unspecified atom stereocenters. The molecule has 76 valence electrons. The first kappa shape index (κ1) is 10.3. The molecule has 1 aliphatic carbocycles. The average Bonchev–Trinajstić information content (AvgIpc) is 1.79. The van der Waals surface area contributed by atoms with Crippen LogP contribution in [0.3, 0.4) is 0 Å². The normalized spacial score (nSPS) is 28.0. The quantitative estimate of drug-likeness (QED) is 0.687. The lowest BCUT2D eigenvalue weighted by molar-refractivity contribution is 0.00796. The highest BCUT2D eigenvalue weighted by atomic mass is 19.1. The Labute approximate surface area is 77.5 Å². The van der Waals surface area contributed by atoms with Gasteiger partial charge in [0.25, 0.3) is 0 Å². The maximum absolute atomic E-state index is 12.6. The molecule has 0 aliphatic heterocycles. The van der Waals surface area contributed by atoms with Crippen LogP contribution in [0.15, 0.2) is 0 Å². The summed E-state index contributed by atoms with van der Waals surface area (Å²) in [5, 5.41) is 8.93. The maximum Gasteiger partial charge on any atom is 0.407 e. The van der Waals surface area contributed by atoms with Crippen molar-refractivity contribution in [3.63, 3.8) is 0 Å². The molecule has 0 aromatic rings. The monoisotopic (exact) mass is 189 g/mol. The number of carbonyl (C=O) groups is 1. The van der Waals surface area contributed by atoms with Crippen molar-refractivity contribution in [3.05, 3.63) is 0 Å². The molecule has 1 fully saturated rings. The summed E-state index contributed by atoms with van der Waals surface area (Å²) in [4.78, 5) is 12.2. The van der Waals surface area contributed by atoms with E-state index < -0.39 is 17.8 Å². The van der Waals surface area contributed by atoms with Crippen molar-refractivity contribution in [2.24, 2.45) is 0 Å². The van der Waals surface area contributed by atoms with Crippen LogP contribution in [0.25, 0.3) is 0 Å². The van der Waals surface area contributed by atoms with Crippen molar-refractivity contribution in [1.29, 1.82) is 0 Å². The predicted molar refractivity (Wildman–Crippen MR) is 47.5 cm³/mol. The van der Waals surface area contributed by atoms with Gasteiger partial charge >= 0.3 is 6.09 Å². The van der Waals surface area contributed by atoms with E-state index in [0.717, 1.165) is 0 Å². The summed E-state index contributed by atoms with van der Waals surface area (Å²) >= 11 is 0. The number of hydrogen-bond donors (Lipinski definition) is 1. The van der Waals surface area contributed by atoms with Crippen molar-refractivity contribution >= 4 is 6.09 Å². The first-order valence-corrected chi connectivity index (χ1v) is 4.48. The zero-order valence-electron chi connectivity index (χ0n) is 8.25. The summed E-state index contributed by atoms with van der Waals surface area (Å²) in [5.41, 5.74) is -0.434. The van der Waals surface area contributed by atoms with Gasteiger partial charge in [0, 0.05) is 11.6 Å². The summed E-state index contributed by atoms with van der Waals surface area (Å²) in [5.74, 6) is 0. The third kappa shape index (κ3) is 2.11. The molecule has 0 aromatic carbocycles. The highest BCUT2D eigenvalue weighted by molar-refractivity contribution is 5.66. The third-order valence-corrected chi connectivity index (χ3v) is 2.35. The van der Waals surface area contributed by atoms with Crippen molar-refractivity contribution in [2.75, 3.05) is 0 Å². The lowest BCUT2D eigenvalue weighted by atomic mass is 9.86. The molecule has 1 amide bonds. The van der Waals surface area contributed by atoms with Crippen LogP contribution >= 0.6 is 0 Å². The molecule has 1 N–H and O–H groups in total. The van der Waals surface area contributed by atoms with E-state index in [1.54, 1.807) is 0 Å². The van der Waals surface area contributed by atoms with Crippen molar-refractivity contribution in [2.45, 2.75) is 51.4 Å². The Bertz CT molecular complexity index is 206. The average molecular weight is 189 g/mol. The molecule has 0 bridgehead atoms. The Balaban J connectivity index is 2.65. The predicted octanol–water partition coefficient (Wildman–Crippen LogP) is 2.27. The van der Waals surface area contributed by atoms with E-state index >= 15 is 0 Å². The van der Waals surface area contributed by atoms with Crippen LogP contribution in [0.1, 0.15) is 33.6 Å². The third-order valence-electron chi connectivity index (χ3n) is 2.35. The van der Waals surface area contributed by atoms with Crippen LogP contribution in [0.2, 0.25) is 0 Å². The molecule has 3 nitrogen and oxygen atoms in total. The van der Waals surface area contributed by atoms with E-state index in [1.807, 2.05) is 20.8 Å². The number of hydrogen-bond acceptors (Lipinski definition) is 1. The molecular weight excluding hydrogens is 173 g/mol. The molecule has 0 radical (unpaired) electrons. The van der Waals surface area contributed by atoms with E-state index in [1.165, 1.54) is 4.90 Å². The van der Waals surface area contributed by atoms with E-state index in [0.29, 0.717) is 12.8 Å². The Hall–Kier alpha value is -0.800. The minimum atomic E-state index is -0.954. The number of carboxylic acid groups (broad SMARTS) is 1. The van der Waals surface area contributed by atoms with Crippen molar-refractivity contribution in [1.82, 2.24) is 4.90 Å². The number of alkyl halides is 1. The molecule has 0 atom stereocenters. The molecular formula is C9H16FNO2. The summed E-state index contributed by atoms with van der Waals surface area (Å²) in [6, 6.07) is -0.132. The summed E-state index contributed by atoms with van der Waals surface area (Å²) in [7, 11) is 0. The SMILES string of the molecule is CC(C)(C)N(C(=O)O)C1CC(F)C1. The second-order valence-electron chi connectivity index (χ2n) is 4.55. The van der Waals surface area contributed by atoms with Crippen LogP contribution in [-0.2, 0) is 0 Å². The van der Waals surface area contributed by atoms with Gasteiger partial charge in [0.05, 0.1) is 0 Å². The zero-order valence-corrected chi connectivity index (χ0v) is 8.25. The van der Waals surface area contributed by atoms with E-state index in [-0.39, 0.29) is 6.04 Å². The van der Waals surface area contributed by atoms with E-state index in [4.69, 9.17) is 5.11 Å². The van der Waals surface area contributed by atoms with E-state index in [2.05, 4.69) is 0 Å². The lowest BCUT2D eigenvalue weighted by Gasteiger charge is -2.45. The Morgan fingerprint density at radius 1 is 1.46 bits per heavy atom. The lowest BCUT2D eigenvalue weighted by Crippen LogP contribution is -2.56. The Morgan fingerprint density at radius 3 is 2.15 bits per heavy atom. The van der Waals surface area contributed by atoms with Gasteiger partial charge in [-0.2, -0.15) is 0 Å². The fourth-order valence-electron chi connectivity index (χ4n) is 1.72. The standard InChI is InChI=1S/C9H16FNO2/c1-9(2,3)11(8(12)13)7-4-6(10)5-7/h6-7H,4-5H2,1-3H3,(H,12,13). The number of amides is 1. The Kier molecular flexibility index (Phi) is 2.50. The first-order chi connectivity index (χ1) is 5.82. The van der Waals surface area contributed by atoms with Gasteiger partial charge in [-0.15, -0.1) is 0 Å². The molecule has 1 saturated carbocycles. The summed E-state index contributed by atoms with van der Waals surface area (Å²) < 4.78 is 12.6. The van der Waals surface area contributed by atoms with Gasteiger partial charge in [-0.25, -0.2) is 9.18 Å². The van der Waals surface area contributed by atoms with Crippen molar-refractivity contribution < 1.29 is 14.3 Å². The van der Waals surface area contributed by atoms with E-state index in [9.17, 15) is 9.18 Å². The van der Waals surface area contributed by atoms with Crippen LogP contribution in [0.4, 0.5) is 9.18 Å². The number of rotatable bonds is 1. The summed E-state index contributed by atoms with van der Waals surface area (Å²) in [6.07, 6.45) is -1.06. The number of nitrogens with zero attached hydrogens (tertiary/aromatic N) is 1. The molecule has 0 saturated heterocycles. The second-order valence-corrected chi connectivity index (χ2v) is 4.55. The van der Waals surface area contributed by atoms with Gasteiger partial charge in [-0.1, -0.05) is 0 Å². The highest BCUT2D eigenvalue weighted by Crippen LogP contribution is 2.32. The minimum Gasteiger partial charge on any atom is -0.465 e. The summed E-state index contributed by atoms with van der Waals surface area (Å²) in [6.45, 7) is 5.48. The van der Waals surface area contributed by atoms with Crippen LogP contribution in [-0.4, -0.2) is 33.9 Å². The van der Waals surface area contributed by atoms with Crippen molar-refractivity contribution in [3.8, 4) is 0 Å². The smallest absolute Gasteiger partial charge is 0.407 e. The zero-order chi connectivity index (χ0) is 10.2. The van der Waals surface area contributed by atoms with Crippen LogP contribution < -0.4 is 0 Å². The largest absolute Gasteiger partial charge is 0.465 e. The first-order valence-electron chi connectivity index (χ1n) is 4.48. The van der Waals surface area contributed by atoms with Crippen LogP contribution in [0.5, 0.6) is 0 Å². The minimum absolute atomic E-state index is 0.132. The second kappa shape index (κ2) is 3.16. The molecule has 1 aliphatic rings. The maximum atomic E-state index is 12.6. The van der Waals surface area contributed by atoms with Gasteiger partial charge in [0.15, 0.2) is 0 Å². The molecule has 1 rings (SSSR count). The molecule has 0 aromatic heterocycles. The highest BCUT2D eigenvalue weighted by Gasteiger charge is 2.41. The fourth-order valence-corrected chi connectivity index (χ4v) is 1.72. The van der Waals surface area contributed by atoms with Gasteiger partial charge in [0.2, 0.25) is 0 Å². The fraction of sp³-hybridized carbons (Fsp3) is 0.889. The molecule has 13 heavy (non-hydrogen) atoms. The molecule has 0 spiro atoms. The molecule has 0 heterocycles. The number of halogens is 1. The van der Waals surface area contributed by atoms with Crippen LogP contribution in [0, 0.1) is 0 Å². The van der Waals surface area contributed by atoms with Gasteiger partial charge in [0.1, 0.15) is 6.17 Å². The van der Waals surface area contributed by atoms with Gasteiger partial charge in [-0.3, -0.25) is 0 Å².